The highest BCUT2D eigenvalue weighted by Crippen LogP contribution is 2.13. The lowest BCUT2D eigenvalue weighted by atomic mass is 10.0. The standard InChI is InChI=1S/C22H43NO3/c1-5-6-7-8-9-10-11-12-13-14-15-16-17-18-20(24)23-19-21(25)26-22(2,3)4/h5-19H2,1-4H3,(H,23,24). The molecular formula is C22H43NO3. The van der Waals surface area contributed by atoms with E-state index in [2.05, 4.69) is 12.2 Å². The minimum Gasteiger partial charge on any atom is -0.459 e. The molecule has 0 aliphatic carbocycles. The number of ether oxygens (including phenoxy) is 1. The third kappa shape index (κ3) is 19.3. The van der Waals surface area contributed by atoms with Gasteiger partial charge in [0.05, 0.1) is 0 Å². The Morgan fingerprint density at radius 1 is 0.731 bits per heavy atom. The van der Waals surface area contributed by atoms with Crippen molar-refractivity contribution < 1.29 is 14.3 Å². The summed E-state index contributed by atoms with van der Waals surface area (Å²) in [4.78, 5) is 23.2. The fourth-order valence-corrected chi connectivity index (χ4v) is 2.94. The van der Waals surface area contributed by atoms with Crippen molar-refractivity contribution in [2.24, 2.45) is 0 Å². The van der Waals surface area contributed by atoms with Gasteiger partial charge in [-0.1, -0.05) is 84.0 Å². The van der Waals surface area contributed by atoms with Crippen LogP contribution >= 0.6 is 0 Å². The van der Waals surface area contributed by atoms with Crippen molar-refractivity contribution in [2.75, 3.05) is 6.54 Å². The molecule has 0 aliphatic rings. The lowest BCUT2D eigenvalue weighted by molar-refractivity contribution is -0.154. The summed E-state index contributed by atoms with van der Waals surface area (Å²) in [5.74, 6) is -0.435. The van der Waals surface area contributed by atoms with Gasteiger partial charge in [-0.2, -0.15) is 0 Å². The molecule has 0 aliphatic heterocycles. The zero-order valence-corrected chi connectivity index (χ0v) is 17.8. The summed E-state index contributed by atoms with van der Waals surface area (Å²) < 4.78 is 5.16. The fourth-order valence-electron chi connectivity index (χ4n) is 2.94. The molecule has 26 heavy (non-hydrogen) atoms. The molecule has 0 saturated carbocycles. The first-order valence-corrected chi connectivity index (χ1v) is 10.8. The molecule has 0 aromatic carbocycles. The first-order chi connectivity index (χ1) is 12.3. The van der Waals surface area contributed by atoms with E-state index in [9.17, 15) is 9.59 Å². The molecule has 4 nitrogen and oxygen atoms in total. The predicted octanol–water partition coefficient (Wildman–Crippen LogP) is 5.93. The van der Waals surface area contributed by atoms with Crippen LogP contribution in [0.15, 0.2) is 0 Å². The highest BCUT2D eigenvalue weighted by atomic mass is 16.6. The molecule has 1 amide bonds. The summed E-state index contributed by atoms with van der Waals surface area (Å²) in [6.07, 6.45) is 17.3. The van der Waals surface area contributed by atoms with E-state index in [4.69, 9.17) is 4.74 Å². The number of carbonyl (C=O) groups excluding carboxylic acids is 2. The van der Waals surface area contributed by atoms with Crippen LogP contribution in [0.1, 0.15) is 118 Å². The molecule has 0 rings (SSSR count). The molecule has 0 aromatic rings. The lowest BCUT2D eigenvalue weighted by Crippen LogP contribution is -2.34. The Labute approximate surface area is 161 Å². The van der Waals surface area contributed by atoms with E-state index in [0.29, 0.717) is 6.42 Å². The summed E-state index contributed by atoms with van der Waals surface area (Å²) in [6.45, 7) is 7.69. The monoisotopic (exact) mass is 369 g/mol. The minimum atomic E-state index is -0.503. The maximum Gasteiger partial charge on any atom is 0.325 e. The number of unbranched alkanes of at least 4 members (excludes halogenated alkanes) is 12. The molecule has 0 aromatic heterocycles. The maximum absolute atomic E-state index is 11.7. The van der Waals surface area contributed by atoms with Crippen molar-refractivity contribution in [3.05, 3.63) is 0 Å². The molecule has 4 heteroatoms. The van der Waals surface area contributed by atoms with Crippen molar-refractivity contribution in [3.8, 4) is 0 Å². The second kappa shape index (κ2) is 16.1. The van der Waals surface area contributed by atoms with Crippen LogP contribution in [0.4, 0.5) is 0 Å². The number of hydrogen-bond acceptors (Lipinski definition) is 3. The van der Waals surface area contributed by atoms with Gasteiger partial charge in [0.1, 0.15) is 12.1 Å². The highest BCUT2D eigenvalue weighted by molar-refractivity contribution is 5.81. The van der Waals surface area contributed by atoms with E-state index in [1.807, 2.05) is 20.8 Å². The average molecular weight is 370 g/mol. The average Bonchev–Trinajstić information content (AvgIpc) is 2.55. The van der Waals surface area contributed by atoms with Gasteiger partial charge in [-0.25, -0.2) is 0 Å². The Morgan fingerprint density at radius 3 is 1.58 bits per heavy atom. The Hall–Kier alpha value is -1.06. The highest BCUT2D eigenvalue weighted by Gasteiger charge is 2.16. The molecule has 0 heterocycles. The molecule has 0 bridgehead atoms. The fraction of sp³-hybridized carbons (Fsp3) is 0.909. The topological polar surface area (TPSA) is 55.4 Å². The number of nitrogens with one attached hydrogen (secondary N) is 1. The van der Waals surface area contributed by atoms with Crippen molar-refractivity contribution in [2.45, 2.75) is 123 Å². The second-order valence-electron chi connectivity index (χ2n) is 8.36. The lowest BCUT2D eigenvalue weighted by Gasteiger charge is -2.19. The molecule has 0 unspecified atom stereocenters. The number of carbonyl (C=O) groups is 2. The summed E-state index contributed by atoms with van der Waals surface area (Å²) in [7, 11) is 0. The maximum atomic E-state index is 11.7. The van der Waals surface area contributed by atoms with Gasteiger partial charge < -0.3 is 10.1 Å². The summed E-state index contributed by atoms with van der Waals surface area (Å²) >= 11 is 0. The molecule has 0 saturated heterocycles. The van der Waals surface area contributed by atoms with Crippen molar-refractivity contribution in [3.63, 3.8) is 0 Å². The Kier molecular flexibility index (Phi) is 15.5. The quantitative estimate of drug-likeness (QED) is 0.271. The SMILES string of the molecule is CCCCCCCCCCCCCCCC(=O)NCC(=O)OC(C)(C)C. The predicted molar refractivity (Wildman–Crippen MR) is 109 cm³/mol. The van der Waals surface area contributed by atoms with Crippen LogP contribution in [0, 0.1) is 0 Å². The van der Waals surface area contributed by atoms with Crippen LogP contribution in [-0.4, -0.2) is 24.0 Å². The van der Waals surface area contributed by atoms with Crippen molar-refractivity contribution >= 4 is 11.9 Å². The van der Waals surface area contributed by atoms with Gasteiger partial charge in [-0.05, 0) is 27.2 Å². The Bertz CT molecular complexity index is 361. The molecule has 0 fully saturated rings. The van der Waals surface area contributed by atoms with Crippen LogP contribution in [-0.2, 0) is 14.3 Å². The van der Waals surface area contributed by atoms with Gasteiger partial charge in [0.2, 0.25) is 5.91 Å². The van der Waals surface area contributed by atoms with Crippen molar-refractivity contribution in [1.82, 2.24) is 5.32 Å². The summed E-state index contributed by atoms with van der Waals surface area (Å²) in [5.41, 5.74) is -0.503. The van der Waals surface area contributed by atoms with Gasteiger partial charge in [-0.15, -0.1) is 0 Å². The van der Waals surface area contributed by atoms with Crippen LogP contribution in [0.3, 0.4) is 0 Å². The van der Waals surface area contributed by atoms with Gasteiger partial charge in [0.15, 0.2) is 0 Å². The van der Waals surface area contributed by atoms with E-state index in [1.54, 1.807) is 0 Å². The van der Waals surface area contributed by atoms with Gasteiger partial charge in [-0.3, -0.25) is 9.59 Å². The largest absolute Gasteiger partial charge is 0.459 e. The molecule has 0 radical (unpaired) electrons. The van der Waals surface area contributed by atoms with Crippen LogP contribution in [0.5, 0.6) is 0 Å². The number of amides is 1. The van der Waals surface area contributed by atoms with Gasteiger partial charge in [0.25, 0.3) is 0 Å². The zero-order chi connectivity index (χ0) is 19.7. The third-order valence-electron chi connectivity index (χ3n) is 4.36. The normalized spacial score (nSPS) is 11.4. The molecular weight excluding hydrogens is 326 g/mol. The van der Waals surface area contributed by atoms with Crippen molar-refractivity contribution in [1.29, 1.82) is 0 Å². The van der Waals surface area contributed by atoms with E-state index in [-0.39, 0.29) is 18.4 Å². The Balaban J connectivity index is 3.32. The molecule has 0 spiro atoms. The number of hydrogen-bond donors (Lipinski definition) is 1. The van der Waals surface area contributed by atoms with Gasteiger partial charge in [0, 0.05) is 6.42 Å². The molecule has 154 valence electrons. The third-order valence-corrected chi connectivity index (χ3v) is 4.36. The summed E-state index contributed by atoms with van der Waals surface area (Å²) in [5, 5.41) is 2.63. The van der Waals surface area contributed by atoms with Crippen LogP contribution in [0.2, 0.25) is 0 Å². The van der Waals surface area contributed by atoms with E-state index >= 15 is 0 Å². The molecule has 0 atom stereocenters. The Morgan fingerprint density at radius 2 is 1.15 bits per heavy atom. The number of esters is 1. The smallest absolute Gasteiger partial charge is 0.325 e. The van der Waals surface area contributed by atoms with E-state index < -0.39 is 5.60 Å². The van der Waals surface area contributed by atoms with E-state index in [0.717, 1.165) is 12.8 Å². The summed E-state index contributed by atoms with van der Waals surface area (Å²) in [6, 6.07) is 0. The number of rotatable bonds is 16. The first-order valence-electron chi connectivity index (χ1n) is 10.8. The van der Waals surface area contributed by atoms with Crippen LogP contribution < -0.4 is 5.32 Å². The van der Waals surface area contributed by atoms with Crippen LogP contribution in [0.25, 0.3) is 0 Å². The zero-order valence-electron chi connectivity index (χ0n) is 17.8. The second-order valence-corrected chi connectivity index (χ2v) is 8.36. The van der Waals surface area contributed by atoms with Gasteiger partial charge >= 0.3 is 5.97 Å². The van der Waals surface area contributed by atoms with E-state index in [1.165, 1.54) is 70.6 Å². The molecule has 1 N–H and O–H groups in total. The minimum absolute atomic E-state index is 0.0332. The first kappa shape index (κ1) is 24.9.